The minimum Gasteiger partial charge on any atom is -0.323 e. The van der Waals surface area contributed by atoms with Crippen molar-refractivity contribution in [3.8, 4) is 0 Å². The lowest BCUT2D eigenvalue weighted by Crippen LogP contribution is -2.30. The van der Waals surface area contributed by atoms with Gasteiger partial charge in [-0.15, -0.1) is 0 Å². The summed E-state index contributed by atoms with van der Waals surface area (Å²) in [7, 11) is -0.699. The van der Waals surface area contributed by atoms with Gasteiger partial charge >= 0.3 is 0 Å². The third-order valence-corrected chi connectivity index (χ3v) is 3.98. The molecular weight excluding hydrogens is 211 g/mol. The van der Waals surface area contributed by atoms with Crippen LogP contribution in [0.3, 0.4) is 0 Å². The lowest BCUT2D eigenvalue weighted by atomic mass is 10.3. The monoisotopic (exact) mass is 234 g/mol. The molecule has 3 nitrogen and oxygen atoms in total. The average Bonchev–Trinajstić information content (AvgIpc) is 2.19. The second kappa shape index (κ2) is 7.56. The largest absolute Gasteiger partial charge is 0.323 e. The molecule has 2 unspecified atom stereocenters. The highest BCUT2D eigenvalue weighted by molar-refractivity contribution is 7.47. The van der Waals surface area contributed by atoms with Crippen molar-refractivity contribution in [2.75, 3.05) is 6.16 Å². The van der Waals surface area contributed by atoms with Crippen LogP contribution in [0.25, 0.3) is 0 Å². The number of rotatable bonds is 6. The third-order valence-electron chi connectivity index (χ3n) is 2.23. The summed E-state index contributed by atoms with van der Waals surface area (Å²) in [6, 6.07) is 0. The van der Waals surface area contributed by atoms with E-state index in [1.54, 1.807) is 0 Å². The zero-order valence-corrected chi connectivity index (χ0v) is 11.0. The van der Waals surface area contributed by atoms with Crippen LogP contribution in [0.4, 0.5) is 0 Å². The van der Waals surface area contributed by atoms with Gasteiger partial charge in [0, 0.05) is 6.16 Å². The summed E-state index contributed by atoms with van der Waals surface area (Å²) in [6.07, 6.45) is 6.23. The van der Waals surface area contributed by atoms with Crippen molar-refractivity contribution in [2.24, 2.45) is 0 Å². The third kappa shape index (κ3) is 4.78. The maximum Gasteiger partial charge on any atom is 0.175 e. The first-order valence-corrected chi connectivity index (χ1v) is 7.42. The molecule has 0 aromatic heterocycles. The van der Waals surface area contributed by atoms with Gasteiger partial charge in [-0.2, -0.15) is 0 Å². The zero-order chi connectivity index (χ0) is 11.1. The SMILES string of the molecule is CCCC1OC(CCC)OP(CCC)O1. The lowest BCUT2D eigenvalue weighted by molar-refractivity contribution is -0.221. The molecule has 0 radical (unpaired) electrons. The van der Waals surface area contributed by atoms with Gasteiger partial charge in [-0.05, 0) is 19.3 Å². The molecule has 4 heteroatoms. The summed E-state index contributed by atoms with van der Waals surface area (Å²) in [4.78, 5) is 0. The fraction of sp³-hybridized carbons (Fsp3) is 1.00. The van der Waals surface area contributed by atoms with Gasteiger partial charge in [0.05, 0.1) is 0 Å². The highest BCUT2D eigenvalue weighted by Gasteiger charge is 2.29. The van der Waals surface area contributed by atoms with Gasteiger partial charge in [0.2, 0.25) is 0 Å². The van der Waals surface area contributed by atoms with E-state index >= 15 is 0 Å². The van der Waals surface area contributed by atoms with Crippen molar-refractivity contribution in [3.63, 3.8) is 0 Å². The van der Waals surface area contributed by atoms with Crippen LogP contribution in [0.15, 0.2) is 0 Å². The topological polar surface area (TPSA) is 27.7 Å². The summed E-state index contributed by atoms with van der Waals surface area (Å²) in [6.45, 7) is 6.46. The molecule has 0 spiro atoms. The van der Waals surface area contributed by atoms with Gasteiger partial charge in [-0.25, -0.2) is 0 Å². The van der Waals surface area contributed by atoms with Gasteiger partial charge in [0.25, 0.3) is 0 Å². The highest BCUT2D eigenvalue weighted by Crippen LogP contribution is 2.47. The molecule has 0 saturated carbocycles. The van der Waals surface area contributed by atoms with Crippen LogP contribution < -0.4 is 0 Å². The Morgan fingerprint density at radius 2 is 1.40 bits per heavy atom. The quantitative estimate of drug-likeness (QED) is 0.649. The molecule has 0 aromatic carbocycles. The molecule has 1 heterocycles. The Bertz CT molecular complexity index is 131. The van der Waals surface area contributed by atoms with E-state index in [1.807, 2.05) is 0 Å². The van der Waals surface area contributed by atoms with Crippen molar-refractivity contribution in [1.82, 2.24) is 0 Å². The number of hydrogen-bond donors (Lipinski definition) is 0. The predicted molar refractivity (Wildman–Crippen MR) is 62.7 cm³/mol. The fourth-order valence-electron chi connectivity index (χ4n) is 1.51. The molecule has 1 fully saturated rings. The van der Waals surface area contributed by atoms with E-state index in [-0.39, 0.29) is 12.6 Å². The first-order chi connectivity index (χ1) is 7.30. The van der Waals surface area contributed by atoms with Crippen LogP contribution in [0.5, 0.6) is 0 Å². The summed E-state index contributed by atoms with van der Waals surface area (Å²) in [5.74, 6) is 0. The highest BCUT2D eigenvalue weighted by atomic mass is 31.2. The molecule has 0 amide bonds. The zero-order valence-electron chi connectivity index (χ0n) is 10.1. The van der Waals surface area contributed by atoms with Crippen molar-refractivity contribution >= 4 is 8.38 Å². The Balaban J connectivity index is 2.40. The standard InChI is InChI=1S/C11H23O3P/c1-4-7-10-12-11(8-5-2)14-15(13-10)9-6-3/h10-11H,4-9H2,1-3H3. The molecule has 0 aliphatic carbocycles. The van der Waals surface area contributed by atoms with Gasteiger partial charge in [0.1, 0.15) is 0 Å². The lowest BCUT2D eigenvalue weighted by Gasteiger charge is -2.35. The van der Waals surface area contributed by atoms with Crippen LogP contribution in [0.2, 0.25) is 0 Å². The van der Waals surface area contributed by atoms with Gasteiger partial charge in [-0.1, -0.05) is 33.6 Å². The normalized spacial score (nSPS) is 31.8. The summed E-state index contributed by atoms with van der Waals surface area (Å²) in [5, 5.41) is 0. The van der Waals surface area contributed by atoms with Crippen molar-refractivity contribution in [1.29, 1.82) is 0 Å². The molecule has 0 aromatic rings. The molecular formula is C11H23O3P. The molecule has 1 rings (SSSR count). The van der Waals surface area contributed by atoms with E-state index in [9.17, 15) is 0 Å². The van der Waals surface area contributed by atoms with Crippen molar-refractivity contribution in [3.05, 3.63) is 0 Å². The van der Waals surface area contributed by atoms with Crippen LogP contribution in [0.1, 0.15) is 52.9 Å². The molecule has 1 aliphatic heterocycles. The second-order valence-electron chi connectivity index (χ2n) is 3.84. The first kappa shape index (κ1) is 13.4. The minimum atomic E-state index is -0.699. The second-order valence-corrected chi connectivity index (χ2v) is 5.37. The maximum absolute atomic E-state index is 5.76. The summed E-state index contributed by atoms with van der Waals surface area (Å²) in [5.41, 5.74) is 0. The molecule has 2 atom stereocenters. The number of hydrogen-bond acceptors (Lipinski definition) is 3. The molecule has 0 N–H and O–H groups in total. The Labute approximate surface area is 94.4 Å². The van der Waals surface area contributed by atoms with Crippen molar-refractivity contribution in [2.45, 2.75) is 65.5 Å². The Hall–Kier alpha value is 0.310. The van der Waals surface area contributed by atoms with E-state index < -0.39 is 8.38 Å². The Kier molecular flexibility index (Phi) is 6.74. The predicted octanol–water partition coefficient (Wildman–Crippen LogP) is 4.02. The van der Waals surface area contributed by atoms with Gasteiger partial charge in [-0.3, -0.25) is 0 Å². The first-order valence-electron chi connectivity index (χ1n) is 6.06. The smallest absolute Gasteiger partial charge is 0.175 e. The van der Waals surface area contributed by atoms with Crippen LogP contribution in [-0.2, 0) is 13.8 Å². The Morgan fingerprint density at radius 1 is 0.867 bits per heavy atom. The average molecular weight is 234 g/mol. The molecule has 90 valence electrons. The molecule has 1 aliphatic rings. The molecule has 15 heavy (non-hydrogen) atoms. The van der Waals surface area contributed by atoms with Gasteiger partial charge < -0.3 is 13.8 Å². The van der Waals surface area contributed by atoms with Gasteiger partial charge in [0.15, 0.2) is 21.0 Å². The molecule has 0 bridgehead atoms. The van der Waals surface area contributed by atoms with E-state index in [0.29, 0.717) is 0 Å². The van der Waals surface area contributed by atoms with E-state index in [2.05, 4.69) is 20.8 Å². The van der Waals surface area contributed by atoms with Crippen LogP contribution >= 0.6 is 8.38 Å². The molecule has 1 saturated heterocycles. The summed E-state index contributed by atoms with van der Waals surface area (Å²) >= 11 is 0. The van der Waals surface area contributed by atoms with Crippen molar-refractivity contribution < 1.29 is 13.8 Å². The van der Waals surface area contributed by atoms with E-state index in [4.69, 9.17) is 13.8 Å². The maximum atomic E-state index is 5.76. The summed E-state index contributed by atoms with van der Waals surface area (Å²) < 4.78 is 17.2. The number of ether oxygens (including phenoxy) is 1. The Morgan fingerprint density at radius 3 is 1.80 bits per heavy atom. The van der Waals surface area contributed by atoms with Crippen LogP contribution in [0, 0.1) is 0 Å². The van der Waals surface area contributed by atoms with Crippen LogP contribution in [-0.4, -0.2) is 18.7 Å². The van der Waals surface area contributed by atoms with E-state index in [0.717, 1.165) is 38.3 Å². The van der Waals surface area contributed by atoms with E-state index in [1.165, 1.54) is 0 Å². The fourth-order valence-corrected chi connectivity index (χ4v) is 2.97. The minimum absolute atomic E-state index is 0.0297.